The summed E-state index contributed by atoms with van der Waals surface area (Å²) in [5, 5.41) is 8.96. The monoisotopic (exact) mass is 372 g/mol. The van der Waals surface area contributed by atoms with Crippen molar-refractivity contribution < 1.29 is 19.0 Å². The first-order valence-corrected chi connectivity index (χ1v) is 9.94. The summed E-state index contributed by atoms with van der Waals surface area (Å²) < 4.78 is 25.9. The lowest BCUT2D eigenvalue weighted by Crippen LogP contribution is -2.27. The lowest BCUT2D eigenvalue weighted by atomic mass is 10.0. The zero-order valence-electron chi connectivity index (χ0n) is 16.0. The van der Waals surface area contributed by atoms with E-state index in [0.29, 0.717) is 17.9 Å². The normalized spacial score (nSPS) is 20.0. The van der Waals surface area contributed by atoms with Crippen LogP contribution in [0.15, 0.2) is 42.5 Å². The van der Waals surface area contributed by atoms with Crippen molar-refractivity contribution in [2.24, 2.45) is 5.92 Å². The van der Waals surface area contributed by atoms with Gasteiger partial charge in [-0.1, -0.05) is 62.6 Å². The minimum absolute atomic E-state index is 0.0498. The van der Waals surface area contributed by atoms with Gasteiger partial charge in [-0.25, -0.2) is 4.39 Å². The van der Waals surface area contributed by atoms with E-state index in [1.807, 2.05) is 30.3 Å². The summed E-state index contributed by atoms with van der Waals surface area (Å²) in [4.78, 5) is 0. The summed E-state index contributed by atoms with van der Waals surface area (Å²) in [6.07, 6.45) is 4.92. The third-order valence-electron chi connectivity index (χ3n) is 5.13. The number of halogens is 1. The molecule has 0 aliphatic carbocycles. The first-order valence-electron chi connectivity index (χ1n) is 9.94. The van der Waals surface area contributed by atoms with Gasteiger partial charge in [-0.05, 0) is 35.6 Å². The van der Waals surface area contributed by atoms with E-state index in [-0.39, 0.29) is 18.7 Å². The second-order valence-electron chi connectivity index (χ2n) is 7.26. The average Bonchev–Trinajstić information content (AvgIpc) is 2.71. The highest BCUT2D eigenvalue weighted by atomic mass is 19.1. The summed E-state index contributed by atoms with van der Waals surface area (Å²) in [6.45, 7) is 3.65. The fourth-order valence-corrected chi connectivity index (χ4v) is 3.47. The Bertz CT molecular complexity index is 706. The Morgan fingerprint density at radius 3 is 2.33 bits per heavy atom. The number of rotatable bonds is 8. The van der Waals surface area contributed by atoms with Gasteiger partial charge in [-0.2, -0.15) is 0 Å². The van der Waals surface area contributed by atoms with Crippen LogP contribution < -0.4 is 0 Å². The van der Waals surface area contributed by atoms with Crippen LogP contribution in [0.2, 0.25) is 0 Å². The standard InChI is InChI=1S/C23H29FO3/c1-2-3-4-5-17-15-26-23(27-16-17)20-9-6-18(7-10-20)21-11-8-19(12-13-25)22(24)14-21/h6-11,14,17,23,25H,2-5,12-13,15-16H2,1H3. The van der Waals surface area contributed by atoms with E-state index in [2.05, 4.69) is 6.92 Å². The number of aliphatic hydroxyl groups excluding tert-OH is 1. The molecule has 0 aromatic heterocycles. The van der Waals surface area contributed by atoms with Crippen molar-refractivity contribution in [3.05, 3.63) is 59.4 Å². The molecule has 146 valence electrons. The van der Waals surface area contributed by atoms with Gasteiger partial charge in [0.1, 0.15) is 5.82 Å². The fraction of sp³-hybridized carbons (Fsp3) is 0.478. The molecular weight excluding hydrogens is 343 g/mol. The number of benzene rings is 2. The van der Waals surface area contributed by atoms with Crippen LogP contribution in [0.1, 0.15) is 50.0 Å². The van der Waals surface area contributed by atoms with Crippen LogP contribution in [-0.2, 0) is 15.9 Å². The summed E-state index contributed by atoms with van der Waals surface area (Å²) in [6, 6.07) is 13.0. The molecule has 0 atom stereocenters. The SMILES string of the molecule is CCCCCC1COC(c2ccc(-c3ccc(CCO)c(F)c3)cc2)OC1. The molecule has 0 spiro atoms. The van der Waals surface area contributed by atoms with Crippen molar-refractivity contribution in [1.82, 2.24) is 0 Å². The van der Waals surface area contributed by atoms with Gasteiger partial charge in [0.05, 0.1) is 13.2 Å². The molecule has 1 N–H and O–H groups in total. The molecule has 0 unspecified atom stereocenters. The Morgan fingerprint density at radius 2 is 1.70 bits per heavy atom. The summed E-state index contributed by atoms with van der Waals surface area (Å²) in [5.74, 6) is 0.214. The first-order chi connectivity index (χ1) is 13.2. The van der Waals surface area contributed by atoms with Crippen LogP contribution >= 0.6 is 0 Å². The molecule has 0 bridgehead atoms. The van der Waals surface area contributed by atoms with E-state index >= 15 is 0 Å². The zero-order valence-corrected chi connectivity index (χ0v) is 16.0. The molecule has 4 heteroatoms. The molecule has 1 aliphatic rings. The van der Waals surface area contributed by atoms with Gasteiger partial charge < -0.3 is 14.6 Å². The Balaban J connectivity index is 1.59. The number of hydrogen-bond donors (Lipinski definition) is 1. The van der Waals surface area contributed by atoms with Gasteiger partial charge in [-0.3, -0.25) is 0 Å². The first kappa shape index (κ1) is 20.0. The molecule has 1 fully saturated rings. The molecule has 1 aliphatic heterocycles. The van der Waals surface area contributed by atoms with Crippen molar-refractivity contribution >= 4 is 0 Å². The molecule has 2 aromatic rings. The van der Waals surface area contributed by atoms with Crippen LogP contribution in [0, 0.1) is 11.7 Å². The van der Waals surface area contributed by atoms with E-state index in [1.165, 1.54) is 25.3 Å². The Morgan fingerprint density at radius 1 is 1.00 bits per heavy atom. The van der Waals surface area contributed by atoms with E-state index in [1.54, 1.807) is 6.07 Å². The van der Waals surface area contributed by atoms with Gasteiger partial charge in [0.2, 0.25) is 0 Å². The fourth-order valence-electron chi connectivity index (χ4n) is 3.47. The molecular formula is C23H29FO3. The maximum atomic E-state index is 14.1. The third-order valence-corrected chi connectivity index (χ3v) is 5.13. The van der Waals surface area contributed by atoms with E-state index in [0.717, 1.165) is 36.3 Å². The molecule has 1 saturated heterocycles. The largest absolute Gasteiger partial charge is 0.396 e. The zero-order chi connectivity index (χ0) is 19.1. The quantitative estimate of drug-likeness (QED) is 0.642. The Hall–Kier alpha value is -1.75. The van der Waals surface area contributed by atoms with Gasteiger partial charge in [0.15, 0.2) is 6.29 Å². The van der Waals surface area contributed by atoms with Crippen molar-refractivity contribution in [3.63, 3.8) is 0 Å². The van der Waals surface area contributed by atoms with E-state index < -0.39 is 0 Å². The van der Waals surface area contributed by atoms with Crippen molar-refractivity contribution in [1.29, 1.82) is 0 Å². The minimum atomic E-state index is -0.315. The van der Waals surface area contributed by atoms with Crippen LogP contribution in [0.4, 0.5) is 4.39 Å². The highest BCUT2D eigenvalue weighted by molar-refractivity contribution is 5.64. The van der Waals surface area contributed by atoms with E-state index in [9.17, 15) is 4.39 Å². The summed E-state index contributed by atoms with van der Waals surface area (Å²) in [7, 11) is 0. The second-order valence-corrected chi connectivity index (χ2v) is 7.26. The maximum absolute atomic E-state index is 14.1. The van der Waals surface area contributed by atoms with Crippen molar-refractivity contribution in [3.8, 4) is 11.1 Å². The van der Waals surface area contributed by atoms with Crippen LogP contribution in [-0.4, -0.2) is 24.9 Å². The van der Waals surface area contributed by atoms with E-state index in [4.69, 9.17) is 14.6 Å². The maximum Gasteiger partial charge on any atom is 0.183 e. The summed E-state index contributed by atoms with van der Waals surface area (Å²) in [5.41, 5.74) is 3.29. The highest BCUT2D eigenvalue weighted by Gasteiger charge is 2.23. The smallest absolute Gasteiger partial charge is 0.183 e. The van der Waals surface area contributed by atoms with Crippen molar-refractivity contribution in [2.45, 2.75) is 45.3 Å². The molecule has 0 saturated carbocycles. The predicted molar refractivity (Wildman–Crippen MR) is 105 cm³/mol. The minimum Gasteiger partial charge on any atom is -0.396 e. The van der Waals surface area contributed by atoms with Crippen LogP contribution in [0.3, 0.4) is 0 Å². The Kier molecular flexibility index (Phi) is 7.39. The molecule has 27 heavy (non-hydrogen) atoms. The van der Waals surface area contributed by atoms with Crippen molar-refractivity contribution in [2.75, 3.05) is 19.8 Å². The van der Waals surface area contributed by atoms with Crippen LogP contribution in [0.25, 0.3) is 11.1 Å². The number of ether oxygens (including phenoxy) is 2. The van der Waals surface area contributed by atoms with Crippen LogP contribution in [0.5, 0.6) is 0 Å². The highest BCUT2D eigenvalue weighted by Crippen LogP contribution is 2.29. The molecule has 0 radical (unpaired) electrons. The van der Waals surface area contributed by atoms with Gasteiger partial charge in [-0.15, -0.1) is 0 Å². The van der Waals surface area contributed by atoms with Gasteiger partial charge in [0.25, 0.3) is 0 Å². The number of unbranched alkanes of at least 4 members (excludes halogenated alkanes) is 2. The van der Waals surface area contributed by atoms with Gasteiger partial charge in [0, 0.05) is 18.1 Å². The number of aliphatic hydroxyl groups is 1. The summed E-state index contributed by atoms with van der Waals surface area (Å²) >= 11 is 0. The Labute approximate surface area is 161 Å². The molecule has 1 heterocycles. The third kappa shape index (κ3) is 5.38. The lowest BCUT2D eigenvalue weighted by molar-refractivity contribution is -0.206. The average molecular weight is 372 g/mol. The molecule has 3 rings (SSSR count). The number of hydrogen-bond acceptors (Lipinski definition) is 3. The predicted octanol–water partition coefficient (Wildman–Crippen LogP) is 5.27. The molecule has 3 nitrogen and oxygen atoms in total. The second kappa shape index (κ2) is 9.98. The topological polar surface area (TPSA) is 38.7 Å². The lowest BCUT2D eigenvalue weighted by Gasteiger charge is -2.29. The molecule has 0 amide bonds. The van der Waals surface area contributed by atoms with Gasteiger partial charge >= 0.3 is 0 Å². The molecule has 2 aromatic carbocycles.